The quantitative estimate of drug-likeness (QED) is 0.805. The molecule has 0 unspecified atom stereocenters. The highest BCUT2D eigenvalue weighted by Gasteiger charge is 2.08. The van der Waals surface area contributed by atoms with Crippen molar-refractivity contribution in [3.63, 3.8) is 0 Å². The van der Waals surface area contributed by atoms with Crippen LogP contribution in [0.25, 0.3) is 11.0 Å². The summed E-state index contributed by atoms with van der Waals surface area (Å²) >= 11 is 0. The first-order chi connectivity index (χ1) is 10.6. The van der Waals surface area contributed by atoms with E-state index in [1.165, 1.54) is 0 Å². The van der Waals surface area contributed by atoms with Crippen LogP contribution in [0.5, 0.6) is 0 Å². The minimum atomic E-state index is -0.126. The second-order valence-electron chi connectivity index (χ2n) is 5.14. The molecule has 5 nitrogen and oxygen atoms in total. The summed E-state index contributed by atoms with van der Waals surface area (Å²) in [5, 5.41) is 2.89. The summed E-state index contributed by atoms with van der Waals surface area (Å²) in [5.74, 6) is -0.126. The first-order valence-corrected chi connectivity index (χ1v) is 7.05. The SMILES string of the molecule is Cc1nc2ccc(C(=O)NCc3ccncc3)cc2nc1C. The van der Waals surface area contributed by atoms with E-state index in [4.69, 9.17) is 0 Å². The Hall–Kier alpha value is -2.82. The van der Waals surface area contributed by atoms with Crippen molar-refractivity contribution >= 4 is 16.9 Å². The summed E-state index contributed by atoms with van der Waals surface area (Å²) in [6.07, 6.45) is 3.41. The van der Waals surface area contributed by atoms with Gasteiger partial charge in [0.1, 0.15) is 0 Å². The maximum atomic E-state index is 12.2. The summed E-state index contributed by atoms with van der Waals surface area (Å²) in [6.45, 7) is 4.31. The summed E-state index contributed by atoms with van der Waals surface area (Å²) in [7, 11) is 0. The van der Waals surface area contributed by atoms with Crippen molar-refractivity contribution in [2.45, 2.75) is 20.4 Å². The van der Waals surface area contributed by atoms with Crippen LogP contribution in [0.1, 0.15) is 27.3 Å². The number of fused-ring (bicyclic) bond motifs is 1. The van der Waals surface area contributed by atoms with E-state index in [1.54, 1.807) is 24.5 Å². The Morgan fingerprint density at radius 3 is 2.41 bits per heavy atom. The second kappa shape index (κ2) is 5.89. The Balaban J connectivity index is 1.80. The molecule has 0 aliphatic heterocycles. The lowest BCUT2D eigenvalue weighted by molar-refractivity contribution is 0.0951. The molecule has 110 valence electrons. The van der Waals surface area contributed by atoms with Gasteiger partial charge in [-0.1, -0.05) is 0 Å². The third-order valence-electron chi connectivity index (χ3n) is 3.54. The summed E-state index contributed by atoms with van der Waals surface area (Å²) in [4.78, 5) is 25.1. The van der Waals surface area contributed by atoms with Gasteiger partial charge in [-0.25, -0.2) is 9.97 Å². The van der Waals surface area contributed by atoms with Gasteiger partial charge < -0.3 is 5.32 Å². The van der Waals surface area contributed by atoms with E-state index in [-0.39, 0.29) is 5.91 Å². The molecule has 0 saturated carbocycles. The smallest absolute Gasteiger partial charge is 0.251 e. The highest BCUT2D eigenvalue weighted by molar-refractivity contribution is 5.97. The number of carbonyl (C=O) groups excluding carboxylic acids is 1. The number of hydrogen-bond donors (Lipinski definition) is 1. The van der Waals surface area contributed by atoms with E-state index < -0.39 is 0 Å². The van der Waals surface area contributed by atoms with Crippen LogP contribution < -0.4 is 5.32 Å². The van der Waals surface area contributed by atoms with Gasteiger partial charge in [0, 0.05) is 24.5 Å². The summed E-state index contributed by atoms with van der Waals surface area (Å²) in [6, 6.07) is 9.12. The monoisotopic (exact) mass is 292 g/mol. The van der Waals surface area contributed by atoms with Crippen LogP contribution in [-0.4, -0.2) is 20.9 Å². The molecule has 3 rings (SSSR count). The average molecular weight is 292 g/mol. The standard InChI is InChI=1S/C17H16N4O/c1-11-12(2)21-16-9-14(3-4-15(16)20-11)17(22)19-10-13-5-7-18-8-6-13/h3-9H,10H2,1-2H3,(H,19,22). The molecular formula is C17H16N4O. The van der Waals surface area contributed by atoms with Crippen LogP contribution in [0, 0.1) is 13.8 Å². The summed E-state index contributed by atoms with van der Waals surface area (Å²) < 4.78 is 0. The van der Waals surface area contributed by atoms with E-state index in [2.05, 4.69) is 20.3 Å². The zero-order valence-electron chi connectivity index (χ0n) is 12.5. The molecule has 0 aliphatic carbocycles. The molecule has 1 amide bonds. The Bertz CT molecular complexity index is 831. The van der Waals surface area contributed by atoms with Crippen molar-refractivity contribution < 1.29 is 4.79 Å². The fourth-order valence-corrected chi connectivity index (χ4v) is 2.16. The molecule has 0 spiro atoms. The Morgan fingerprint density at radius 2 is 1.68 bits per heavy atom. The number of carbonyl (C=O) groups is 1. The number of aromatic nitrogens is 3. The Kier molecular flexibility index (Phi) is 3.78. The van der Waals surface area contributed by atoms with Gasteiger partial charge in [-0.3, -0.25) is 9.78 Å². The number of nitrogens with one attached hydrogen (secondary N) is 1. The molecular weight excluding hydrogens is 276 g/mol. The molecule has 2 aromatic heterocycles. The molecule has 0 fully saturated rings. The molecule has 0 saturated heterocycles. The third-order valence-corrected chi connectivity index (χ3v) is 3.54. The lowest BCUT2D eigenvalue weighted by Gasteiger charge is -2.07. The van der Waals surface area contributed by atoms with Crippen molar-refractivity contribution in [1.29, 1.82) is 0 Å². The van der Waals surface area contributed by atoms with Gasteiger partial charge in [0.2, 0.25) is 0 Å². The molecule has 0 aliphatic rings. The zero-order chi connectivity index (χ0) is 15.5. The van der Waals surface area contributed by atoms with Crippen molar-refractivity contribution in [1.82, 2.24) is 20.3 Å². The van der Waals surface area contributed by atoms with Gasteiger partial charge in [-0.15, -0.1) is 0 Å². The largest absolute Gasteiger partial charge is 0.348 e. The molecule has 2 heterocycles. The fourth-order valence-electron chi connectivity index (χ4n) is 2.16. The number of nitrogens with zero attached hydrogens (tertiary/aromatic N) is 3. The topological polar surface area (TPSA) is 67.8 Å². The van der Waals surface area contributed by atoms with Crippen molar-refractivity contribution in [2.24, 2.45) is 0 Å². The van der Waals surface area contributed by atoms with Gasteiger partial charge in [0.05, 0.1) is 22.4 Å². The third kappa shape index (κ3) is 2.93. The normalized spacial score (nSPS) is 10.6. The van der Waals surface area contributed by atoms with Gasteiger partial charge >= 0.3 is 0 Å². The molecule has 1 aromatic carbocycles. The van der Waals surface area contributed by atoms with E-state index in [9.17, 15) is 4.79 Å². The second-order valence-corrected chi connectivity index (χ2v) is 5.14. The Morgan fingerprint density at radius 1 is 1.00 bits per heavy atom. The van der Waals surface area contributed by atoms with Crippen LogP contribution >= 0.6 is 0 Å². The van der Waals surface area contributed by atoms with Gasteiger partial charge in [0.25, 0.3) is 5.91 Å². The fraction of sp³-hybridized carbons (Fsp3) is 0.176. The van der Waals surface area contributed by atoms with Crippen LogP contribution in [-0.2, 0) is 6.54 Å². The number of aryl methyl sites for hydroxylation is 2. The molecule has 5 heteroatoms. The highest BCUT2D eigenvalue weighted by atomic mass is 16.1. The number of rotatable bonds is 3. The minimum Gasteiger partial charge on any atom is -0.348 e. The van der Waals surface area contributed by atoms with E-state index in [1.807, 2.05) is 32.0 Å². The van der Waals surface area contributed by atoms with Crippen molar-refractivity contribution in [3.05, 3.63) is 65.2 Å². The van der Waals surface area contributed by atoms with Gasteiger partial charge in [-0.2, -0.15) is 0 Å². The van der Waals surface area contributed by atoms with Crippen LogP contribution in [0.2, 0.25) is 0 Å². The van der Waals surface area contributed by atoms with E-state index >= 15 is 0 Å². The maximum absolute atomic E-state index is 12.2. The van der Waals surface area contributed by atoms with Crippen molar-refractivity contribution in [3.8, 4) is 0 Å². The van der Waals surface area contributed by atoms with Crippen LogP contribution in [0.4, 0.5) is 0 Å². The predicted molar refractivity (Wildman–Crippen MR) is 84.4 cm³/mol. The van der Waals surface area contributed by atoms with Gasteiger partial charge in [-0.05, 0) is 49.7 Å². The number of benzene rings is 1. The summed E-state index contributed by atoms with van der Waals surface area (Å²) in [5.41, 5.74) is 4.91. The van der Waals surface area contributed by atoms with Crippen molar-refractivity contribution in [2.75, 3.05) is 0 Å². The molecule has 0 radical (unpaired) electrons. The molecule has 0 atom stereocenters. The highest BCUT2D eigenvalue weighted by Crippen LogP contribution is 2.14. The number of amides is 1. The lowest BCUT2D eigenvalue weighted by Crippen LogP contribution is -2.22. The Labute approximate surface area is 128 Å². The number of hydrogen-bond acceptors (Lipinski definition) is 4. The average Bonchev–Trinajstić information content (AvgIpc) is 2.54. The van der Waals surface area contributed by atoms with Gasteiger partial charge in [0.15, 0.2) is 0 Å². The molecule has 22 heavy (non-hydrogen) atoms. The lowest BCUT2D eigenvalue weighted by atomic mass is 10.1. The van der Waals surface area contributed by atoms with Crippen LogP contribution in [0.3, 0.4) is 0 Å². The van der Waals surface area contributed by atoms with E-state index in [0.717, 1.165) is 28.0 Å². The molecule has 1 N–H and O–H groups in total. The maximum Gasteiger partial charge on any atom is 0.251 e. The minimum absolute atomic E-state index is 0.126. The predicted octanol–water partition coefficient (Wildman–Crippen LogP) is 2.57. The van der Waals surface area contributed by atoms with E-state index in [0.29, 0.717) is 12.1 Å². The zero-order valence-corrected chi connectivity index (χ0v) is 12.5. The number of pyridine rings is 1. The molecule has 0 bridgehead atoms. The first kappa shape index (κ1) is 14.1. The first-order valence-electron chi connectivity index (χ1n) is 7.05. The van der Waals surface area contributed by atoms with Crippen LogP contribution in [0.15, 0.2) is 42.7 Å². The molecule has 3 aromatic rings.